The van der Waals surface area contributed by atoms with Gasteiger partial charge in [0.15, 0.2) is 5.75 Å². The summed E-state index contributed by atoms with van der Waals surface area (Å²) in [5.74, 6) is -0.297. The second-order valence-corrected chi connectivity index (χ2v) is 9.38. The lowest BCUT2D eigenvalue weighted by molar-refractivity contribution is -0.112. The molecule has 34 heavy (non-hydrogen) atoms. The van der Waals surface area contributed by atoms with Gasteiger partial charge < -0.3 is 14.2 Å². The van der Waals surface area contributed by atoms with E-state index in [1.54, 1.807) is 36.4 Å². The molecule has 0 aliphatic carbocycles. The lowest BCUT2D eigenvalue weighted by atomic mass is 10.1. The zero-order chi connectivity index (χ0) is 24.9. The zero-order valence-corrected chi connectivity index (χ0v) is 20.3. The molecular weight excluding hydrogens is 499 g/mol. The molecule has 174 valence electrons. The summed E-state index contributed by atoms with van der Waals surface area (Å²) in [4.78, 5) is 12.4. The van der Waals surface area contributed by atoms with E-state index in [0.29, 0.717) is 17.0 Å². The number of carbonyl (C=O) groups excluding carboxylic acids is 1. The fourth-order valence-electron chi connectivity index (χ4n) is 2.79. The van der Waals surface area contributed by atoms with Crippen molar-refractivity contribution < 1.29 is 22.1 Å². The maximum Gasteiger partial charge on any atom is 0.339 e. The predicted octanol–water partition coefficient (Wildman–Crippen LogP) is 5.62. The van der Waals surface area contributed by atoms with Gasteiger partial charge in [-0.25, -0.2) is 0 Å². The van der Waals surface area contributed by atoms with Crippen LogP contribution in [-0.2, 0) is 14.9 Å². The molecule has 0 radical (unpaired) electrons. The molecule has 10 heteroatoms. The third-order valence-electron chi connectivity index (χ3n) is 4.55. The van der Waals surface area contributed by atoms with Crippen LogP contribution < -0.4 is 14.2 Å². The van der Waals surface area contributed by atoms with Crippen LogP contribution in [0.5, 0.6) is 11.5 Å². The lowest BCUT2D eigenvalue weighted by Crippen LogP contribution is -2.13. The number of benzene rings is 3. The molecule has 7 nitrogen and oxygen atoms in total. The first kappa shape index (κ1) is 25.1. The molecular formula is C24H18Cl2N2O5S. The van der Waals surface area contributed by atoms with E-state index in [1.165, 1.54) is 37.5 Å². The molecule has 0 unspecified atom stereocenters. The number of anilines is 1. The summed E-state index contributed by atoms with van der Waals surface area (Å²) in [5.41, 5.74) is 1.43. The highest BCUT2D eigenvalue weighted by molar-refractivity contribution is 7.87. The molecule has 1 N–H and O–H groups in total. The number of amides is 1. The fraction of sp³-hybridized carbons (Fsp3) is 0.0833. The maximum absolute atomic E-state index is 12.6. The highest BCUT2D eigenvalue weighted by Gasteiger charge is 2.21. The average Bonchev–Trinajstić information content (AvgIpc) is 2.80. The predicted molar refractivity (Wildman–Crippen MR) is 131 cm³/mol. The van der Waals surface area contributed by atoms with Crippen LogP contribution in [0.1, 0.15) is 11.1 Å². The van der Waals surface area contributed by atoms with Crippen LogP contribution in [-0.4, -0.2) is 21.4 Å². The summed E-state index contributed by atoms with van der Waals surface area (Å²) < 4.78 is 35.4. The third-order valence-corrected chi connectivity index (χ3v) is 6.34. The number of rotatable bonds is 7. The van der Waals surface area contributed by atoms with Crippen LogP contribution in [0.3, 0.4) is 0 Å². The van der Waals surface area contributed by atoms with Crippen molar-refractivity contribution in [2.75, 3.05) is 12.4 Å². The van der Waals surface area contributed by atoms with Crippen LogP contribution in [0, 0.1) is 18.3 Å². The number of hydrogen-bond donors (Lipinski definition) is 1. The largest absolute Gasteiger partial charge is 0.497 e. The number of nitriles is 1. The Kier molecular flexibility index (Phi) is 7.84. The number of nitrogens with one attached hydrogen (secondary N) is 1. The van der Waals surface area contributed by atoms with Crippen LogP contribution in [0.4, 0.5) is 5.69 Å². The van der Waals surface area contributed by atoms with Gasteiger partial charge in [0.2, 0.25) is 0 Å². The Morgan fingerprint density at radius 2 is 1.62 bits per heavy atom. The summed E-state index contributed by atoms with van der Waals surface area (Å²) in [6, 6.07) is 17.2. The minimum absolute atomic E-state index is 0.0591. The zero-order valence-electron chi connectivity index (χ0n) is 18.0. The van der Waals surface area contributed by atoms with Gasteiger partial charge in [-0.2, -0.15) is 13.7 Å². The molecule has 0 bridgehead atoms. The van der Waals surface area contributed by atoms with E-state index >= 15 is 0 Å². The molecule has 1 amide bonds. The first-order valence-electron chi connectivity index (χ1n) is 9.70. The number of ether oxygens (including phenoxy) is 1. The molecule has 0 heterocycles. The van der Waals surface area contributed by atoms with Crippen LogP contribution in [0.2, 0.25) is 10.0 Å². The van der Waals surface area contributed by atoms with Gasteiger partial charge in [-0.15, -0.1) is 0 Å². The number of halogens is 2. The van der Waals surface area contributed by atoms with E-state index in [2.05, 4.69) is 5.32 Å². The van der Waals surface area contributed by atoms with Crippen molar-refractivity contribution in [1.29, 1.82) is 5.26 Å². The van der Waals surface area contributed by atoms with Crippen molar-refractivity contribution in [3.63, 3.8) is 0 Å². The molecule has 3 aromatic carbocycles. The van der Waals surface area contributed by atoms with E-state index in [4.69, 9.17) is 32.1 Å². The van der Waals surface area contributed by atoms with Crippen molar-refractivity contribution >= 4 is 51.0 Å². The summed E-state index contributed by atoms with van der Waals surface area (Å²) >= 11 is 12.4. The topological polar surface area (TPSA) is 105 Å². The highest BCUT2D eigenvalue weighted by Crippen LogP contribution is 2.37. The molecule has 3 rings (SSSR count). The van der Waals surface area contributed by atoms with Gasteiger partial charge in [0.1, 0.15) is 22.3 Å². The number of carbonyl (C=O) groups is 1. The normalized spacial score (nSPS) is 11.4. The van der Waals surface area contributed by atoms with E-state index in [-0.39, 0.29) is 26.3 Å². The van der Waals surface area contributed by atoms with Crippen molar-refractivity contribution in [2.24, 2.45) is 0 Å². The van der Waals surface area contributed by atoms with Crippen LogP contribution >= 0.6 is 23.2 Å². The van der Waals surface area contributed by atoms with Gasteiger partial charge in [-0.05, 0) is 67.1 Å². The summed E-state index contributed by atoms with van der Waals surface area (Å²) in [6.07, 6.45) is 1.27. The Bertz CT molecular complexity index is 1370. The van der Waals surface area contributed by atoms with E-state index in [1.807, 2.05) is 13.0 Å². The lowest BCUT2D eigenvalue weighted by Gasteiger charge is -2.11. The second kappa shape index (κ2) is 10.6. The standard InChI is InChI=1S/C24H18Cl2N2O5S/c1-15-3-9-20(10-4-15)34(30,31)33-23-21(25)12-16(13-22(23)26)11-17(14-27)24(29)28-18-5-7-19(32-2)8-6-18/h3-13H,1-2H3,(H,28,29)/b17-11+. The monoisotopic (exact) mass is 516 g/mol. The quantitative estimate of drug-likeness (QED) is 0.248. The van der Waals surface area contributed by atoms with Crippen molar-refractivity contribution in [2.45, 2.75) is 11.8 Å². The van der Waals surface area contributed by atoms with Gasteiger partial charge in [-0.3, -0.25) is 4.79 Å². The number of hydrogen-bond acceptors (Lipinski definition) is 6. The second-order valence-electron chi connectivity index (χ2n) is 7.02. The van der Waals surface area contributed by atoms with Gasteiger partial charge in [0.25, 0.3) is 5.91 Å². The van der Waals surface area contributed by atoms with E-state index in [0.717, 1.165) is 5.56 Å². The molecule has 0 saturated carbocycles. The molecule has 0 aliphatic heterocycles. The Morgan fingerprint density at radius 3 is 2.15 bits per heavy atom. The third kappa shape index (κ3) is 6.08. The molecule has 3 aromatic rings. The highest BCUT2D eigenvalue weighted by atomic mass is 35.5. The first-order chi connectivity index (χ1) is 16.1. The van der Waals surface area contributed by atoms with E-state index < -0.39 is 16.0 Å². The number of aryl methyl sites for hydroxylation is 1. The van der Waals surface area contributed by atoms with Crippen molar-refractivity contribution in [3.05, 3.63) is 87.4 Å². The minimum Gasteiger partial charge on any atom is -0.497 e. The Morgan fingerprint density at radius 1 is 1.03 bits per heavy atom. The minimum atomic E-state index is -4.18. The fourth-order valence-corrected chi connectivity index (χ4v) is 4.43. The summed E-state index contributed by atoms with van der Waals surface area (Å²) in [5, 5.41) is 11.8. The SMILES string of the molecule is COc1ccc(NC(=O)/C(C#N)=C/c2cc(Cl)c(OS(=O)(=O)c3ccc(C)cc3)c(Cl)c2)cc1. The smallest absolute Gasteiger partial charge is 0.339 e. The van der Waals surface area contributed by atoms with Gasteiger partial charge in [-0.1, -0.05) is 40.9 Å². The number of nitrogens with zero attached hydrogens (tertiary/aromatic N) is 1. The van der Waals surface area contributed by atoms with Gasteiger partial charge >= 0.3 is 10.1 Å². The molecule has 0 spiro atoms. The molecule has 0 aromatic heterocycles. The van der Waals surface area contributed by atoms with E-state index in [9.17, 15) is 18.5 Å². The molecule has 0 atom stereocenters. The first-order valence-corrected chi connectivity index (χ1v) is 11.9. The Balaban J connectivity index is 1.83. The van der Waals surface area contributed by atoms with Crippen molar-refractivity contribution in [3.8, 4) is 17.6 Å². The van der Waals surface area contributed by atoms with Crippen molar-refractivity contribution in [1.82, 2.24) is 0 Å². The van der Waals surface area contributed by atoms with Gasteiger partial charge in [0.05, 0.1) is 17.2 Å². The summed E-state index contributed by atoms with van der Waals surface area (Å²) in [7, 11) is -2.66. The van der Waals surface area contributed by atoms with Crippen LogP contribution in [0.15, 0.2) is 71.1 Å². The molecule has 0 saturated heterocycles. The average molecular weight is 517 g/mol. The Hall–Kier alpha value is -3.51. The molecule has 0 fully saturated rings. The van der Waals surface area contributed by atoms with Gasteiger partial charge in [0, 0.05) is 5.69 Å². The Labute approximate surface area is 207 Å². The van der Waals surface area contributed by atoms with Crippen LogP contribution in [0.25, 0.3) is 6.08 Å². The number of methoxy groups -OCH3 is 1. The summed E-state index contributed by atoms with van der Waals surface area (Å²) in [6.45, 7) is 1.82. The maximum atomic E-state index is 12.6. The molecule has 0 aliphatic rings.